The topological polar surface area (TPSA) is 0 Å². The number of hydrogen-bond acceptors (Lipinski definition) is 0. The lowest BCUT2D eigenvalue weighted by atomic mass is 10.1. The molecule has 0 aliphatic heterocycles. The smallest absolute Gasteiger partial charge is 0.0782 e. The summed E-state index contributed by atoms with van der Waals surface area (Å²) in [5, 5.41) is 0. The van der Waals surface area contributed by atoms with Crippen LogP contribution in [0.1, 0.15) is 20.3 Å². The molecule has 0 atom stereocenters. The Morgan fingerprint density at radius 3 is 1.67 bits per heavy atom. The van der Waals surface area contributed by atoms with E-state index in [1.54, 1.807) is 0 Å². The van der Waals surface area contributed by atoms with Crippen LogP contribution in [0.25, 0.3) is 0 Å². The molecule has 9 heavy (non-hydrogen) atoms. The van der Waals surface area contributed by atoms with Crippen LogP contribution in [0.15, 0.2) is 0 Å². The van der Waals surface area contributed by atoms with Gasteiger partial charge in [-0.15, -0.1) is 0 Å². The molecule has 0 bridgehead atoms. The molecule has 0 fully saturated rings. The van der Waals surface area contributed by atoms with Crippen LogP contribution in [0.2, 0.25) is 0 Å². The largest absolute Gasteiger partial charge is 0.331 e. The van der Waals surface area contributed by atoms with Gasteiger partial charge in [-0.3, -0.25) is 0 Å². The Morgan fingerprint density at radius 1 is 1.11 bits per heavy atom. The summed E-state index contributed by atoms with van der Waals surface area (Å²) in [4.78, 5) is 0. The maximum Gasteiger partial charge on any atom is 0.0782 e. The minimum Gasteiger partial charge on any atom is -0.331 e. The fourth-order valence-electron chi connectivity index (χ4n) is 0.645. The summed E-state index contributed by atoms with van der Waals surface area (Å²) in [6.07, 6.45) is 1.34. The number of quaternary nitrogens is 1. The van der Waals surface area contributed by atoms with E-state index in [1.165, 1.54) is 13.0 Å². The first-order valence-electron chi connectivity index (χ1n) is 3.72. The summed E-state index contributed by atoms with van der Waals surface area (Å²) in [6, 6.07) is 0. The quantitative estimate of drug-likeness (QED) is 0.510. The molecule has 0 rings (SSSR count). The predicted octanol–water partition coefficient (Wildman–Crippen LogP) is 1.74. The van der Waals surface area contributed by atoms with Crippen LogP contribution in [0.4, 0.5) is 0 Å². The highest BCUT2D eigenvalue weighted by molar-refractivity contribution is 4.41. The summed E-state index contributed by atoms with van der Waals surface area (Å²) >= 11 is 0. The summed E-state index contributed by atoms with van der Waals surface area (Å²) in [5.41, 5.74) is 0. The van der Waals surface area contributed by atoms with E-state index >= 15 is 0 Å². The summed E-state index contributed by atoms with van der Waals surface area (Å²) in [7, 11) is 6.72. The third-order valence-electron chi connectivity index (χ3n) is 1.38. The molecule has 0 heterocycles. The molecule has 0 aromatic rings. The van der Waals surface area contributed by atoms with Gasteiger partial charge in [-0.1, -0.05) is 13.8 Å². The highest BCUT2D eigenvalue weighted by Crippen LogP contribution is 2.02. The van der Waals surface area contributed by atoms with Crippen LogP contribution < -0.4 is 0 Å². The molecule has 0 aliphatic rings. The lowest BCUT2D eigenvalue weighted by Gasteiger charge is -2.24. The van der Waals surface area contributed by atoms with Gasteiger partial charge in [-0.25, -0.2) is 0 Å². The number of rotatable bonds is 3. The molecule has 0 saturated heterocycles. The SMILES string of the molecule is CC(C)CC[N+](C)(C)C. The third kappa shape index (κ3) is 7.96. The molecule has 0 aliphatic carbocycles. The molecule has 56 valence electrons. The molecular weight excluding hydrogens is 110 g/mol. The maximum atomic E-state index is 2.27. The lowest BCUT2D eigenvalue weighted by molar-refractivity contribution is -0.870. The van der Waals surface area contributed by atoms with Crippen molar-refractivity contribution in [3.8, 4) is 0 Å². The molecule has 0 N–H and O–H groups in total. The standard InChI is InChI=1S/C8H20N/c1-8(2)6-7-9(3,4)5/h8H,6-7H2,1-5H3/q+1. The van der Waals surface area contributed by atoms with Crippen molar-refractivity contribution in [2.24, 2.45) is 5.92 Å². The lowest BCUT2D eigenvalue weighted by Crippen LogP contribution is -2.35. The van der Waals surface area contributed by atoms with Crippen LogP contribution in [0.5, 0.6) is 0 Å². The molecular formula is C8H20N+. The average Bonchev–Trinajstić information content (AvgIpc) is 1.59. The Bertz CT molecular complexity index is 69.1. The third-order valence-corrected chi connectivity index (χ3v) is 1.38. The zero-order valence-electron chi connectivity index (χ0n) is 7.44. The van der Waals surface area contributed by atoms with Crippen LogP contribution in [0.3, 0.4) is 0 Å². The van der Waals surface area contributed by atoms with Gasteiger partial charge in [-0.05, 0) is 12.3 Å². The van der Waals surface area contributed by atoms with Gasteiger partial charge in [0, 0.05) is 0 Å². The van der Waals surface area contributed by atoms with Crippen LogP contribution in [0, 0.1) is 5.92 Å². The Kier molecular flexibility index (Phi) is 3.20. The maximum absolute atomic E-state index is 2.27. The van der Waals surface area contributed by atoms with Gasteiger partial charge in [0.2, 0.25) is 0 Å². The second-order valence-corrected chi connectivity index (χ2v) is 4.20. The van der Waals surface area contributed by atoms with Gasteiger partial charge < -0.3 is 4.48 Å². The molecule has 0 saturated carbocycles. The Hall–Kier alpha value is -0.0400. The Morgan fingerprint density at radius 2 is 1.56 bits per heavy atom. The fourth-order valence-corrected chi connectivity index (χ4v) is 0.645. The molecule has 0 aromatic heterocycles. The average molecular weight is 130 g/mol. The number of hydrogen-bond donors (Lipinski definition) is 0. The second-order valence-electron chi connectivity index (χ2n) is 4.20. The van der Waals surface area contributed by atoms with E-state index in [0.717, 1.165) is 10.4 Å². The van der Waals surface area contributed by atoms with Gasteiger partial charge in [0.1, 0.15) is 0 Å². The first-order chi connectivity index (χ1) is 3.92. The van der Waals surface area contributed by atoms with Gasteiger partial charge in [0.05, 0.1) is 27.7 Å². The second kappa shape index (κ2) is 3.21. The minimum absolute atomic E-state index is 0.849. The zero-order chi connectivity index (χ0) is 7.49. The number of nitrogens with zero attached hydrogens (tertiary/aromatic N) is 1. The van der Waals surface area contributed by atoms with Crippen LogP contribution in [-0.4, -0.2) is 32.2 Å². The molecule has 1 heteroatoms. The molecule has 0 radical (unpaired) electrons. The summed E-state index contributed by atoms with van der Waals surface area (Å²) < 4.78 is 1.10. The van der Waals surface area contributed by atoms with Crippen molar-refractivity contribution in [1.82, 2.24) is 0 Å². The van der Waals surface area contributed by atoms with E-state index in [2.05, 4.69) is 35.0 Å². The van der Waals surface area contributed by atoms with Gasteiger partial charge in [-0.2, -0.15) is 0 Å². The van der Waals surface area contributed by atoms with E-state index in [4.69, 9.17) is 0 Å². The van der Waals surface area contributed by atoms with E-state index in [1.807, 2.05) is 0 Å². The predicted molar refractivity (Wildman–Crippen MR) is 42.4 cm³/mol. The van der Waals surface area contributed by atoms with Crippen molar-refractivity contribution >= 4 is 0 Å². The van der Waals surface area contributed by atoms with E-state index < -0.39 is 0 Å². The highest BCUT2D eigenvalue weighted by atomic mass is 15.3. The highest BCUT2D eigenvalue weighted by Gasteiger charge is 2.06. The monoisotopic (exact) mass is 130 g/mol. The first-order valence-corrected chi connectivity index (χ1v) is 3.72. The van der Waals surface area contributed by atoms with Crippen molar-refractivity contribution < 1.29 is 4.48 Å². The summed E-state index contributed by atoms with van der Waals surface area (Å²) in [5.74, 6) is 0.849. The van der Waals surface area contributed by atoms with Gasteiger partial charge in [0.25, 0.3) is 0 Å². The van der Waals surface area contributed by atoms with Crippen molar-refractivity contribution in [3.63, 3.8) is 0 Å². The van der Waals surface area contributed by atoms with E-state index in [9.17, 15) is 0 Å². The zero-order valence-corrected chi connectivity index (χ0v) is 7.44. The molecule has 1 nitrogen and oxygen atoms in total. The van der Waals surface area contributed by atoms with Crippen LogP contribution >= 0.6 is 0 Å². The fraction of sp³-hybridized carbons (Fsp3) is 1.00. The molecule has 0 spiro atoms. The van der Waals surface area contributed by atoms with E-state index in [0.29, 0.717) is 0 Å². The van der Waals surface area contributed by atoms with Crippen molar-refractivity contribution in [3.05, 3.63) is 0 Å². The first kappa shape index (κ1) is 8.96. The van der Waals surface area contributed by atoms with E-state index in [-0.39, 0.29) is 0 Å². The Balaban J connectivity index is 3.28. The molecule has 0 amide bonds. The summed E-state index contributed by atoms with van der Waals surface area (Å²) in [6.45, 7) is 5.84. The minimum atomic E-state index is 0.849. The van der Waals surface area contributed by atoms with Crippen molar-refractivity contribution in [2.45, 2.75) is 20.3 Å². The normalized spacial score (nSPS) is 12.7. The Labute approximate surface area is 59.3 Å². The molecule has 0 unspecified atom stereocenters. The van der Waals surface area contributed by atoms with Crippen LogP contribution in [-0.2, 0) is 0 Å². The van der Waals surface area contributed by atoms with Crippen molar-refractivity contribution in [2.75, 3.05) is 27.7 Å². The van der Waals surface area contributed by atoms with Gasteiger partial charge >= 0.3 is 0 Å². The molecule has 0 aromatic carbocycles. The van der Waals surface area contributed by atoms with Crippen molar-refractivity contribution in [1.29, 1.82) is 0 Å². The van der Waals surface area contributed by atoms with Gasteiger partial charge in [0.15, 0.2) is 0 Å².